The van der Waals surface area contributed by atoms with E-state index in [-0.39, 0.29) is 30.6 Å². The van der Waals surface area contributed by atoms with Gasteiger partial charge in [-0.2, -0.15) is 0 Å². The van der Waals surface area contributed by atoms with E-state index in [0.717, 1.165) is 5.56 Å². The molecule has 5 nitrogen and oxygen atoms in total. The van der Waals surface area contributed by atoms with Crippen LogP contribution in [0.5, 0.6) is 5.75 Å². The first-order valence-electron chi connectivity index (χ1n) is 8.34. The second kappa shape index (κ2) is 9.25. The van der Waals surface area contributed by atoms with Crippen LogP contribution in [0.4, 0.5) is 0 Å². The van der Waals surface area contributed by atoms with Crippen molar-refractivity contribution in [2.75, 3.05) is 6.61 Å². The number of esters is 1. The lowest BCUT2D eigenvalue weighted by Gasteiger charge is -2.15. The monoisotopic (exact) mass is 375 g/mol. The average Bonchev–Trinajstić information content (AvgIpc) is 2.60. The highest BCUT2D eigenvalue weighted by atomic mass is 35.5. The highest BCUT2D eigenvalue weighted by molar-refractivity contribution is 6.30. The summed E-state index contributed by atoms with van der Waals surface area (Å²) in [6.07, 6.45) is -0.176. The summed E-state index contributed by atoms with van der Waals surface area (Å²) in [5.74, 6) is -0.128. The fraction of sp³-hybridized carbons (Fsp3) is 0.300. The predicted molar refractivity (Wildman–Crippen MR) is 100 cm³/mol. The van der Waals surface area contributed by atoms with Crippen molar-refractivity contribution >= 4 is 23.5 Å². The highest BCUT2D eigenvalue weighted by Crippen LogP contribution is 2.16. The molecule has 0 aliphatic carbocycles. The molecule has 2 aromatic rings. The molecule has 138 valence electrons. The molecule has 0 aliphatic heterocycles. The minimum Gasteiger partial charge on any atom is -0.484 e. The largest absolute Gasteiger partial charge is 0.484 e. The molecule has 0 heterocycles. The number of amides is 1. The Morgan fingerprint density at radius 3 is 2.19 bits per heavy atom. The van der Waals surface area contributed by atoms with E-state index in [2.05, 4.69) is 5.32 Å². The molecule has 1 amide bonds. The molecule has 2 aromatic carbocycles. The maximum atomic E-state index is 12.0. The number of halogens is 1. The van der Waals surface area contributed by atoms with Crippen molar-refractivity contribution in [1.82, 2.24) is 5.32 Å². The van der Waals surface area contributed by atoms with Crippen LogP contribution in [-0.2, 0) is 9.53 Å². The molecule has 0 fully saturated rings. The van der Waals surface area contributed by atoms with Crippen molar-refractivity contribution in [2.24, 2.45) is 0 Å². The first-order chi connectivity index (χ1) is 12.3. The quantitative estimate of drug-likeness (QED) is 0.738. The van der Waals surface area contributed by atoms with Gasteiger partial charge in [-0.15, -0.1) is 0 Å². The summed E-state index contributed by atoms with van der Waals surface area (Å²) >= 11 is 5.86. The van der Waals surface area contributed by atoms with Gasteiger partial charge in [0.25, 0.3) is 5.91 Å². The second-order valence-corrected chi connectivity index (χ2v) is 6.54. The SMILES string of the molecule is CC(C)OC(=O)c1ccc(OCC(=O)NC(C)c2ccc(Cl)cc2)cc1. The molecule has 1 unspecified atom stereocenters. The third kappa shape index (κ3) is 6.08. The number of carbonyl (C=O) groups excluding carboxylic acids is 2. The molecule has 0 spiro atoms. The van der Waals surface area contributed by atoms with Crippen LogP contribution in [0.1, 0.15) is 42.7 Å². The summed E-state index contributed by atoms with van der Waals surface area (Å²) < 4.78 is 10.6. The van der Waals surface area contributed by atoms with Gasteiger partial charge in [0.1, 0.15) is 5.75 Å². The Morgan fingerprint density at radius 1 is 1.00 bits per heavy atom. The number of carbonyl (C=O) groups is 2. The van der Waals surface area contributed by atoms with Crippen LogP contribution in [0.2, 0.25) is 5.02 Å². The molecular formula is C20H22ClNO4. The fourth-order valence-electron chi connectivity index (χ4n) is 2.24. The molecule has 1 atom stereocenters. The summed E-state index contributed by atoms with van der Waals surface area (Å²) in [7, 11) is 0. The molecule has 2 rings (SSSR count). The zero-order valence-corrected chi connectivity index (χ0v) is 15.7. The normalized spacial score (nSPS) is 11.7. The standard InChI is InChI=1S/C20H22ClNO4/c1-13(2)26-20(24)16-6-10-18(11-7-16)25-12-19(23)22-14(3)15-4-8-17(21)9-5-15/h4-11,13-14H,12H2,1-3H3,(H,22,23). The van der Waals surface area contributed by atoms with Gasteiger partial charge in [-0.1, -0.05) is 23.7 Å². The lowest BCUT2D eigenvalue weighted by molar-refractivity contribution is -0.123. The molecule has 0 saturated carbocycles. The van der Waals surface area contributed by atoms with Gasteiger partial charge in [0, 0.05) is 5.02 Å². The van der Waals surface area contributed by atoms with E-state index in [1.165, 1.54) is 0 Å². The van der Waals surface area contributed by atoms with Crippen molar-refractivity contribution in [3.05, 3.63) is 64.7 Å². The maximum Gasteiger partial charge on any atom is 0.338 e. The number of rotatable bonds is 7. The van der Waals surface area contributed by atoms with E-state index in [1.807, 2.05) is 19.1 Å². The Morgan fingerprint density at radius 2 is 1.62 bits per heavy atom. The first kappa shape index (κ1) is 19.8. The number of hydrogen-bond acceptors (Lipinski definition) is 4. The van der Waals surface area contributed by atoms with Crippen molar-refractivity contribution in [2.45, 2.75) is 32.9 Å². The zero-order chi connectivity index (χ0) is 19.1. The Balaban J connectivity index is 1.83. The smallest absolute Gasteiger partial charge is 0.338 e. The predicted octanol–water partition coefficient (Wildman–Crippen LogP) is 4.16. The lowest BCUT2D eigenvalue weighted by Crippen LogP contribution is -2.31. The average molecular weight is 376 g/mol. The van der Waals surface area contributed by atoms with Gasteiger partial charge in [0.15, 0.2) is 6.61 Å². The summed E-state index contributed by atoms with van der Waals surface area (Å²) in [4.78, 5) is 23.8. The minimum atomic E-state index is -0.388. The zero-order valence-electron chi connectivity index (χ0n) is 15.0. The van der Waals surface area contributed by atoms with Crippen molar-refractivity contribution < 1.29 is 19.1 Å². The van der Waals surface area contributed by atoms with E-state index >= 15 is 0 Å². The van der Waals surface area contributed by atoms with Crippen LogP contribution in [0.3, 0.4) is 0 Å². The summed E-state index contributed by atoms with van der Waals surface area (Å²) in [6, 6.07) is 13.6. The maximum absolute atomic E-state index is 12.0. The molecule has 0 saturated heterocycles. The van der Waals surface area contributed by atoms with Gasteiger partial charge in [-0.25, -0.2) is 4.79 Å². The minimum absolute atomic E-state index is 0.117. The van der Waals surface area contributed by atoms with Gasteiger partial charge in [-0.05, 0) is 62.7 Å². The molecule has 0 aliphatic rings. The summed E-state index contributed by atoms with van der Waals surface area (Å²) in [5.41, 5.74) is 1.39. The van der Waals surface area contributed by atoms with E-state index < -0.39 is 0 Å². The van der Waals surface area contributed by atoms with E-state index in [4.69, 9.17) is 21.1 Å². The van der Waals surface area contributed by atoms with Crippen molar-refractivity contribution in [3.63, 3.8) is 0 Å². The Bertz CT molecular complexity index is 741. The molecule has 0 aromatic heterocycles. The number of hydrogen-bond donors (Lipinski definition) is 1. The fourth-order valence-corrected chi connectivity index (χ4v) is 2.36. The van der Waals surface area contributed by atoms with Crippen LogP contribution in [0, 0.1) is 0 Å². The van der Waals surface area contributed by atoms with Crippen LogP contribution in [0.25, 0.3) is 0 Å². The van der Waals surface area contributed by atoms with Crippen LogP contribution < -0.4 is 10.1 Å². The number of benzene rings is 2. The molecule has 1 N–H and O–H groups in total. The van der Waals surface area contributed by atoms with E-state index in [0.29, 0.717) is 16.3 Å². The Hall–Kier alpha value is -2.53. The third-order valence-corrected chi connectivity index (χ3v) is 3.80. The van der Waals surface area contributed by atoms with Crippen molar-refractivity contribution in [1.29, 1.82) is 0 Å². The Kier molecular flexibility index (Phi) is 7.04. The Labute approximate surface area is 158 Å². The van der Waals surface area contributed by atoms with Crippen molar-refractivity contribution in [3.8, 4) is 5.75 Å². The van der Waals surface area contributed by atoms with Crippen LogP contribution in [0.15, 0.2) is 48.5 Å². The van der Waals surface area contributed by atoms with Gasteiger partial charge in [-0.3, -0.25) is 4.79 Å². The molecule has 26 heavy (non-hydrogen) atoms. The van der Waals surface area contributed by atoms with Gasteiger partial charge >= 0.3 is 5.97 Å². The molecular weight excluding hydrogens is 354 g/mol. The summed E-state index contributed by atoms with van der Waals surface area (Å²) in [6.45, 7) is 5.35. The van der Waals surface area contributed by atoms with Gasteiger partial charge in [0.2, 0.25) is 0 Å². The van der Waals surface area contributed by atoms with Gasteiger partial charge in [0.05, 0.1) is 17.7 Å². The highest BCUT2D eigenvalue weighted by Gasteiger charge is 2.11. The van der Waals surface area contributed by atoms with Gasteiger partial charge < -0.3 is 14.8 Å². The number of nitrogens with one attached hydrogen (secondary N) is 1. The van der Waals surface area contributed by atoms with E-state index in [1.54, 1.807) is 50.2 Å². The lowest BCUT2D eigenvalue weighted by atomic mass is 10.1. The second-order valence-electron chi connectivity index (χ2n) is 6.11. The topological polar surface area (TPSA) is 64.6 Å². The van der Waals surface area contributed by atoms with Crippen LogP contribution >= 0.6 is 11.6 Å². The third-order valence-electron chi connectivity index (χ3n) is 3.55. The molecule has 6 heteroatoms. The first-order valence-corrected chi connectivity index (χ1v) is 8.71. The number of ether oxygens (including phenoxy) is 2. The van der Waals surface area contributed by atoms with E-state index in [9.17, 15) is 9.59 Å². The molecule has 0 bridgehead atoms. The molecule has 0 radical (unpaired) electrons. The van der Waals surface area contributed by atoms with Crippen LogP contribution in [-0.4, -0.2) is 24.6 Å². The summed E-state index contributed by atoms with van der Waals surface area (Å²) in [5, 5.41) is 3.51.